The second-order valence-electron chi connectivity index (χ2n) is 24.0. The minimum Gasteiger partial charge on any atom is -0.306 e. The minimum absolute atomic E-state index is 0.0620. The summed E-state index contributed by atoms with van der Waals surface area (Å²) in [7, 11) is 0. The van der Waals surface area contributed by atoms with Crippen LogP contribution in [0.1, 0.15) is 105 Å². The molecule has 0 unspecified atom stereocenters. The van der Waals surface area contributed by atoms with Crippen LogP contribution in [0.25, 0.3) is 94.3 Å². The fourth-order valence-corrected chi connectivity index (χ4v) is 11.0. The zero-order valence-corrected chi connectivity index (χ0v) is 44.3. The van der Waals surface area contributed by atoms with Gasteiger partial charge in [0.1, 0.15) is 5.82 Å². The maximum Gasteiger partial charge on any atom is 0.147 e. The lowest BCUT2D eigenvalue weighted by molar-refractivity contribution is 0.591. The van der Waals surface area contributed by atoms with Crippen molar-refractivity contribution in [3.05, 3.63) is 222 Å². The molecule has 1 aromatic heterocycles. The lowest BCUT2D eigenvalue weighted by atomic mass is 9.79. The number of para-hydroxylation sites is 1. The Balaban J connectivity index is 1.24. The summed E-state index contributed by atoms with van der Waals surface area (Å²) in [4.78, 5) is 0. The molecule has 0 amide bonds. The monoisotopic (exact) mass is 942 g/mol. The third kappa shape index (κ3) is 9.13. The van der Waals surface area contributed by atoms with Gasteiger partial charge >= 0.3 is 0 Å². The van der Waals surface area contributed by atoms with Gasteiger partial charge in [-0.15, -0.1) is 0 Å². The van der Waals surface area contributed by atoms with Gasteiger partial charge in [-0.1, -0.05) is 204 Å². The Morgan fingerprint density at radius 2 is 0.556 bits per heavy atom. The van der Waals surface area contributed by atoms with Crippen molar-refractivity contribution in [2.75, 3.05) is 0 Å². The average molecular weight is 942 g/mol. The van der Waals surface area contributed by atoms with Gasteiger partial charge < -0.3 is 4.57 Å². The summed E-state index contributed by atoms with van der Waals surface area (Å²) < 4.78 is 18.3. The van der Waals surface area contributed by atoms with Gasteiger partial charge in [0, 0.05) is 10.8 Å². The minimum atomic E-state index is -0.260. The quantitative estimate of drug-likeness (QED) is 0.150. The van der Waals surface area contributed by atoms with Crippen molar-refractivity contribution in [3.8, 4) is 72.4 Å². The fraction of sp³-hybridized carbons (Fsp3) is 0.229. The molecule has 2 heteroatoms. The fourth-order valence-electron chi connectivity index (χ4n) is 11.0. The van der Waals surface area contributed by atoms with Crippen molar-refractivity contribution in [1.29, 1.82) is 0 Å². The SMILES string of the molecule is CC(C)(C)c1ccccc1-c1cc(-c2ccc3c(c2)c2cc(-c4cc(-c5ccccc5C(C)(C)C)cc(-c5ccccc5C(C)(C)C)c4)ccc2n3-c2ccccc2F)cc(-c2ccccc2C(C)(C)C)c1. The van der Waals surface area contributed by atoms with E-state index in [2.05, 4.69) is 258 Å². The van der Waals surface area contributed by atoms with Crippen LogP contribution in [0, 0.1) is 5.82 Å². The van der Waals surface area contributed by atoms with E-state index in [1.165, 1.54) is 66.8 Å². The van der Waals surface area contributed by atoms with E-state index in [0.717, 1.165) is 44.1 Å². The van der Waals surface area contributed by atoms with Crippen molar-refractivity contribution >= 4 is 21.8 Å². The van der Waals surface area contributed by atoms with Crippen LogP contribution < -0.4 is 0 Å². The van der Waals surface area contributed by atoms with Crippen LogP contribution in [0.2, 0.25) is 0 Å². The predicted molar refractivity (Wildman–Crippen MR) is 308 cm³/mol. The topological polar surface area (TPSA) is 4.93 Å². The molecule has 9 aromatic carbocycles. The number of fused-ring (bicyclic) bond motifs is 3. The van der Waals surface area contributed by atoms with E-state index < -0.39 is 0 Å². The first-order valence-corrected chi connectivity index (χ1v) is 25.7. The van der Waals surface area contributed by atoms with Gasteiger partial charge in [0.25, 0.3) is 0 Å². The maximum absolute atomic E-state index is 16.2. The van der Waals surface area contributed by atoms with E-state index in [9.17, 15) is 0 Å². The number of aromatic nitrogens is 1. The maximum atomic E-state index is 16.2. The number of nitrogens with zero attached hydrogens (tertiary/aromatic N) is 1. The molecule has 0 spiro atoms. The van der Waals surface area contributed by atoms with Gasteiger partial charge in [-0.2, -0.15) is 0 Å². The predicted octanol–water partition coefficient (Wildman–Crippen LogP) is 20.1. The lowest BCUT2D eigenvalue weighted by Gasteiger charge is -2.25. The molecule has 1 heterocycles. The van der Waals surface area contributed by atoms with E-state index >= 15 is 4.39 Å². The molecule has 0 fully saturated rings. The molecule has 10 aromatic rings. The summed E-state index contributed by atoms with van der Waals surface area (Å²) in [5, 5.41) is 2.13. The molecule has 0 saturated carbocycles. The molecule has 0 saturated heterocycles. The number of benzene rings is 9. The number of hydrogen-bond acceptors (Lipinski definition) is 0. The van der Waals surface area contributed by atoms with Gasteiger partial charge in [0.15, 0.2) is 0 Å². The molecule has 1 nitrogen and oxygen atoms in total. The van der Waals surface area contributed by atoms with Crippen molar-refractivity contribution in [2.45, 2.75) is 105 Å². The molecule has 0 radical (unpaired) electrons. The number of halogens is 1. The second kappa shape index (κ2) is 18.1. The summed E-state index contributed by atoms with van der Waals surface area (Å²) >= 11 is 0. The zero-order valence-electron chi connectivity index (χ0n) is 44.3. The van der Waals surface area contributed by atoms with Crippen molar-refractivity contribution in [1.82, 2.24) is 4.57 Å². The standard InChI is InChI=1S/C70H68FN/c1-67(2,3)59-27-17-13-23-53(59)49-37-47(38-50(41-49)54-24-14-18-28-60(54)68(4,5)6)45-33-35-64-57(43-45)58-44-46(34-36-65(58)72(64)66-32-22-21-31-63(66)71)48-39-51(55-25-15-19-29-61(55)69(7,8)9)42-52(40-48)56-26-16-20-30-62(56)70(10,11)12/h13-44H,1-12H3. The van der Waals surface area contributed by atoms with E-state index in [4.69, 9.17) is 0 Å². The van der Waals surface area contributed by atoms with Crippen LogP contribution in [0.4, 0.5) is 4.39 Å². The van der Waals surface area contributed by atoms with Crippen LogP contribution in [0.15, 0.2) is 194 Å². The van der Waals surface area contributed by atoms with E-state index in [1.807, 2.05) is 12.1 Å². The largest absolute Gasteiger partial charge is 0.306 e. The molecule has 0 N–H and O–H groups in total. The summed E-state index contributed by atoms with van der Waals surface area (Å²) in [5.74, 6) is -0.260. The molecule has 0 bridgehead atoms. The summed E-state index contributed by atoms with van der Waals surface area (Å²) in [5.41, 5.74) is 21.6. The summed E-state index contributed by atoms with van der Waals surface area (Å²) in [6.45, 7) is 27.6. The van der Waals surface area contributed by atoms with Crippen LogP contribution in [0.3, 0.4) is 0 Å². The Labute approximate surface area is 428 Å². The van der Waals surface area contributed by atoms with Crippen LogP contribution in [0.5, 0.6) is 0 Å². The molecular weight excluding hydrogens is 874 g/mol. The van der Waals surface area contributed by atoms with Gasteiger partial charge in [-0.3, -0.25) is 0 Å². The van der Waals surface area contributed by atoms with E-state index in [-0.39, 0.29) is 27.5 Å². The average Bonchev–Trinajstić information content (AvgIpc) is 3.68. The Morgan fingerprint density at radius 1 is 0.278 bits per heavy atom. The summed E-state index contributed by atoms with van der Waals surface area (Å²) in [6.07, 6.45) is 0. The van der Waals surface area contributed by atoms with Crippen molar-refractivity contribution < 1.29 is 4.39 Å². The first-order chi connectivity index (χ1) is 34.1. The van der Waals surface area contributed by atoms with Crippen LogP contribution in [-0.2, 0) is 21.7 Å². The molecule has 72 heavy (non-hydrogen) atoms. The van der Waals surface area contributed by atoms with Gasteiger partial charge in [-0.05, 0) is 183 Å². The molecule has 0 atom stereocenters. The third-order valence-electron chi connectivity index (χ3n) is 14.6. The van der Waals surface area contributed by atoms with Crippen molar-refractivity contribution in [3.63, 3.8) is 0 Å². The first-order valence-electron chi connectivity index (χ1n) is 25.7. The van der Waals surface area contributed by atoms with Gasteiger partial charge in [-0.25, -0.2) is 4.39 Å². The normalized spacial score (nSPS) is 12.5. The smallest absolute Gasteiger partial charge is 0.147 e. The molecule has 360 valence electrons. The highest BCUT2D eigenvalue weighted by atomic mass is 19.1. The molecule has 0 aliphatic carbocycles. The summed E-state index contributed by atoms with van der Waals surface area (Å²) in [6, 6.07) is 70.4. The lowest BCUT2D eigenvalue weighted by Crippen LogP contribution is -2.13. The van der Waals surface area contributed by atoms with E-state index in [0.29, 0.717) is 5.69 Å². The highest BCUT2D eigenvalue weighted by Gasteiger charge is 2.25. The van der Waals surface area contributed by atoms with Crippen LogP contribution in [-0.4, -0.2) is 4.57 Å². The number of rotatable bonds is 7. The molecule has 10 rings (SSSR count). The molecule has 0 aliphatic rings. The number of hydrogen-bond donors (Lipinski definition) is 0. The van der Waals surface area contributed by atoms with E-state index in [1.54, 1.807) is 12.1 Å². The first kappa shape index (κ1) is 48.3. The highest BCUT2D eigenvalue weighted by Crippen LogP contribution is 2.45. The van der Waals surface area contributed by atoms with Crippen molar-refractivity contribution in [2.24, 2.45) is 0 Å². The Kier molecular flexibility index (Phi) is 12.1. The van der Waals surface area contributed by atoms with Crippen LogP contribution >= 0.6 is 0 Å². The Morgan fingerprint density at radius 3 is 0.861 bits per heavy atom. The van der Waals surface area contributed by atoms with Gasteiger partial charge in [0.05, 0.1) is 16.7 Å². The third-order valence-corrected chi connectivity index (χ3v) is 14.6. The zero-order chi connectivity index (χ0) is 50.9. The second-order valence-corrected chi connectivity index (χ2v) is 24.0. The Hall–Kier alpha value is -7.29. The molecular formula is C70H68FN. The van der Waals surface area contributed by atoms with Gasteiger partial charge in [0.2, 0.25) is 0 Å². The highest BCUT2D eigenvalue weighted by molar-refractivity contribution is 6.12. The molecule has 0 aliphatic heterocycles. The Bertz CT molecular complexity index is 3310.